The molecule has 0 saturated carbocycles. The number of thiazole rings is 1. The lowest BCUT2D eigenvalue weighted by Gasteiger charge is -2.25. The lowest BCUT2D eigenvalue weighted by atomic mass is 10.2. The summed E-state index contributed by atoms with van der Waals surface area (Å²) in [5.74, 6) is 0. The van der Waals surface area contributed by atoms with E-state index in [4.69, 9.17) is 0 Å². The molecule has 0 spiro atoms. The van der Waals surface area contributed by atoms with E-state index in [0.29, 0.717) is 29.6 Å². The molecule has 0 radical (unpaired) electrons. The van der Waals surface area contributed by atoms with Gasteiger partial charge in [0.15, 0.2) is 5.13 Å². The van der Waals surface area contributed by atoms with Gasteiger partial charge in [0, 0.05) is 29.7 Å². The van der Waals surface area contributed by atoms with E-state index < -0.39 is 21.8 Å². The largest absolute Gasteiger partial charge is 0.416 e. The van der Waals surface area contributed by atoms with E-state index in [9.17, 15) is 21.6 Å². The van der Waals surface area contributed by atoms with Crippen molar-refractivity contribution in [1.82, 2.24) is 9.29 Å². The molecule has 4 rings (SSSR count). The van der Waals surface area contributed by atoms with Crippen LogP contribution in [0.1, 0.15) is 24.8 Å². The van der Waals surface area contributed by atoms with Crippen LogP contribution < -0.4 is 5.32 Å². The number of halogens is 4. The molecule has 11 heteroatoms. The molecule has 32 heavy (non-hydrogen) atoms. The third-order valence-corrected chi connectivity index (χ3v) is 7.72. The number of sulfonamides is 1. The van der Waals surface area contributed by atoms with E-state index >= 15 is 0 Å². The number of nitrogens with zero attached hydrogens (tertiary/aromatic N) is 2. The van der Waals surface area contributed by atoms with E-state index in [1.807, 2.05) is 0 Å². The van der Waals surface area contributed by atoms with Gasteiger partial charge in [0.25, 0.3) is 0 Å². The van der Waals surface area contributed by atoms with Crippen LogP contribution in [-0.4, -0.2) is 30.8 Å². The molecule has 1 saturated heterocycles. The Bertz CT molecular complexity index is 1160. The van der Waals surface area contributed by atoms with Crippen LogP contribution in [0.4, 0.5) is 24.0 Å². The smallest absolute Gasteiger partial charge is 0.332 e. The Kier molecular flexibility index (Phi) is 7.64. The fraction of sp³-hybridized carbons (Fsp3) is 0.286. The number of rotatable bonds is 5. The number of benzene rings is 2. The van der Waals surface area contributed by atoms with Crippen LogP contribution in [0.3, 0.4) is 0 Å². The van der Waals surface area contributed by atoms with Crippen molar-refractivity contribution in [2.45, 2.75) is 30.3 Å². The molecule has 2 aromatic carbocycles. The van der Waals surface area contributed by atoms with Crippen LogP contribution >= 0.6 is 28.3 Å². The number of aromatic nitrogens is 1. The van der Waals surface area contributed by atoms with Gasteiger partial charge < -0.3 is 5.32 Å². The standard InChI is InChI=1S/C21H20F3N3O2S2.BrH/c22-21(23,24)16-5-4-6-17(13-16)25-20-26-19(14-30-20)15-7-9-18(10-8-15)31(28,29)27-11-2-1-3-12-27;/h4-10,13-14H,1-3,11-12H2,(H,25,26);1H. The summed E-state index contributed by atoms with van der Waals surface area (Å²) in [4.78, 5) is 4.66. The highest BCUT2D eigenvalue weighted by Crippen LogP contribution is 2.33. The fourth-order valence-electron chi connectivity index (χ4n) is 3.41. The van der Waals surface area contributed by atoms with Crippen molar-refractivity contribution in [1.29, 1.82) is 0 Å². The van der Waals surface area contributed by atoms with Gasteiger partial charge in [0.05, 0.1) is 16.2 Å². The summed E-state index contributed by atoms with van der Waals surface area (Å²) in [6.45, 7) is 1.08. The zero-order valence-electron chi connectivity index (χ0n) is 16.8. The highest BCUT2D eigenvalue weighted by molar-refractivity contribution is 8.93. The number of piperidine rings is 1. The van der Waals surface area contributed by atoms with Crippen LogP contribution in [0.5, 0.6) is 0 Å². The SMILES string of the molecule is Br.O=S(=O)(c1ccc(-c2csc(Nc3cccc(C(F)(F)F)c3)n2)cc1)N1CCCCC1. The van der Waals surface area contributed by atoms with Gasteiger partial charge in [-0.25, -0.2) is 13.4 Å². The van der Waals surface area contributed by atoms with Crippen LogP contribution in [0.2, 0.25) is 0 Å². The molecule has 2 heterocycles. The lowest BCUT2D eigenvalue weighted by Crippen LogP contribution is -2.35. The topological polar surface area (TPSA) is 62.3 Å². The van der Waals surface area contributed by atoms with Crippen molar-refractivity contribution < 1.29 is 21.6 Å². The Morgan fingerprint density at radius 1 is 1.00 bits per heavy atom. The van der Waals surface area contributed by atoms with E-state index in [2.05, 4.69) is 10.3 Å². The van der Waals surface area contributed by atoms with E-state index in [0.717, 1.165) is 37.0 Å². The average molecular weight is 548 g/mol. The van der Waals surface area contributed by atoms with Crippen molar-refractivity contribution in [2.75, 3.05) is 18.4 Å². The highest BCUT2D eigenvalue weighted by atomic mass is 79.9. The van der Waals surface area contributed by atoms with E-state index in [1.54, 1.807) is 29.6 Å². The molecule has 0 aliphatic carbocycles. The summed E-state index contributed by atoms with van der Waals surface area (Å²) in [7, 11) is -3.50. The Hall–Kier alpha value is -1.95. The third kappa shape index (κ3) is 5.51. The van der Waals surface area contributed by atoms with Crippen molar-refractivity contribution >= 4 is 49.2 Å². The Labute approximate surface area is 199 Å². The maximum Gasteiger partial charge on any atom is 0.416 e. The summed E-state index contributed by atoms with van der Waals surface area (Å²) in [6.07, 6.45) is -1.62. The Balaban J connectivity index is 0.00000289. The molecule has 1 aliphatic rings. The quantitative estimate of drug-likeness (QED) is 0.405. The molecule has 1 aliphatic heterocycles. The Morgan fingerprint density at radius 2 is 1.69 bits per heavy atom. The predicted molar refractivity (Wildman–Crippen MR) is 125 cm³/mol. The van der Waals surface area contributed by atoms with Gasteiger partial charge in [-0.05, 0) is 43.2 Å². The first-order chi connectivity index (χ1) is 14.7. The summed E-state index contributed by atoms with van der Waals surface area (Å²) in [5, 5.41) is 5.10. The normalized spacial score (nSPS) is 15.2. The first-order valence-corrected chi connectivity index (χ1v) is 12.1. The molecule has 0 atom stereocenters. The Morgan fingerprint density at radius 3 is 2.34 bits per heavy atom. The molecule has 0 amide bonds. The van der Waals surface area contributed by atoms with Gasteiger partial charge in [-0.1, -0.05) is 24.6 Å². The molecule has 172 valence electrons. The monoisotopic (exact) mass is 547 g/mol. The van der Waals surface area contributed by atoms with Gasteiger partial charge in [0.2, 0.25) is 10.0 Å². The predicted octanol–water partition coefficient (Wildman–Crippen LogP) is 6.33. The molecule has 5 nitrogen and oxygen atoms in total. The third-order valence-electron chi connectivity index (χ3n) is 5.05. The van der Waals surface area contributed by atoms with Crippen molar-refractivity contribution in [3.05, 3.63) is 59.5 Å². The van der Waals surface area contributed by atoms with Crippen LogP contribution in [0, 0.1) is 0 Å². The van der Waals surface area contributed by atoms with Gasteiger partial charge >= 0.3 is 6.18 Å². The molecule has 1 aromatic heterocycles. The minimum Gasteiger partial charge on any atom is -0.332 e. The van der Waals surface area contributed by atoms with Gasteiger partial charge in [-0.2, -0.15) is 17.5 Å². The maximum absolute atomic E-state index is 12.9. The molecule has 0 bridgehead atoms. The summed E-state index contributed by atoms with van der Waals surface area (Å²) < 4.78 is 65.7. The van der Waals surface area contributed by atoms with Crippen LogP contribution in [-0.2, 0) is 16.2 Å². The van der Waals surface area contributed by atoms with Crippen LogP contribution in [0.15, 0.2) is 58.8 Å². The number of nitrogens with one attached hydrogen (secondary N) is 1. The fourth-order valence-corrected chi connectivity index (χ4v) is 5.67. The first-order valence-electron chi connectivity index (χ1n) is 9.74. The second-order valence-electron chi connectivity index (χ2n) is 7.23. The van der Waals surface area contributed by atoms with Gasteiger partial charge in [-0.15, -0.1) is 28.3 Å². The van der Waals surface area contributed by atoms with Crippen molar-refractivity contribution in [2.24, 2.45) is 0 Å². The molecular formula is C21H21BrF3N3O2S2. The van der Waals surface area contributed by atoms with Crippen molar-refractivity contribution in [3.8, 4) is 11.3 Å². The summed E-state index contributed by atoms with van der Waals surface area (Å²) in [5.41, 5.74) is 0.894. The lowest BCUT2D eigenvalue weighted by molar-refractivity contribution is -0.137. The molecule has 3 aromatic rings. The van der Waals surface area contributed by atoms with Crippen molar-refractivity contribution in [3.63, 3.8) is 0 Å². The van der Waals surface area contributed by atoms with Gasteiger partial charge in [0.1, 0.15) is 0 Å². The number of anilines is 2. The molecular weight excluding hydrogens is 527 g/mol. The number of hydrogen-bond acceptors (Lipinski definition) is 5. The second-order valence-corrected chi connectivity index (χ2v) is 10.0. The average Bonchev–Trinajstić information content (AvgIpc) is 3.22. The first kappa shape index (κ1) is 24.7. The van der Waals surface area contributed by atoms with E-state index in [1.165, 1.54) is 27.8 Å². The summed E-state index contributed by atoms with van der Waals surface area (Å²) >= 11 is 1.26. The zero-order chi connectivity index (χ0) is 22.1. The zero-order valence-corrected chi connectivity index (χ0v) is 20.1. The van der Waals surface area contributed by atoms with Gasteiger partial charge in [-0.3, -0.25) is 0 Å². The molecule has 0 unspecified atom stereocenters. The summed E-state index contributed by atoms with van der Waals surface area (Å²) in [6, 6.07) is 11.4. The molecule has 1 N–H and O–H groups in total. The van der Waals surface area contributed by atoms with E-state index in [-0.39, 0.29) is 21.9 Å². The molecule has 1 fully saturated rings. The number of hydrogen-bond donors (Lipinski definition) is 1. The minimum atomic E-state index is -4.41. The maximum atomic E-state index is 12.9. The minimum absolute atomic E-state index is 0. The highest BCUT2D eigenvalue weighted by Gasteiger charge is 2.30. The van der Waals surface area contributed by atoms with Crippen LogP contribution in [0.25, 0.3) is 11.3 Å². The number of alkyl halides is 3. The second kappa shape index (κ2) is 9.90.